The highest BCUT2D eigenvalue weighted by atomic mass is 32.3. The van der Waals surface area contributed by atoms with Gasteiger partial charge in [0.25, 0.3) is 0 Å². The molecule has 2 saturated heterocycles. The van der Waals surface area contributed by atoms with E-state index in [2.05, 4.69) is 0 Å². The van der Waals surface area contributed by atoms with E-state index in [1.165, 1.54) is 12.2 Å². The maximum Gasteiger partial charge on any atom is 0.405 e. The quantitative estimate of drug-likeness (QED) is 0.544. The summed E-state index contributed by atoms with van der Waals surface area (Å²) in [6.45, 7) is 0. The van der Waals surface area contributed by atoms with Gasteiger partial charge in [0.2, 0.25) is 0 Å². The molecule has 0 radical (unpaired) electrons. The Morgan fingerprint density at radius 2 is 1.94 bits per heavy atom. The molecule has 3 rings (SSSR count). The predicted molar refractivity (Wildman–Crippen MR) is 58.3 cm³/mol. The SMILES string of the molecule is CS(=O)(=O)C12C=CC3SC3(C(F)(F)F)C1S2. The number of halogens is 3. The number of hydrogen-bond donors (Lipinski definition) is 0. The number of hydrogen-bond acceptors (Lipinski definition) is 4. The minimum atomic E-state index is -4.34. The lowest BCUT2D eigenvalue weighted by Gasteiger charge is -2.22. The van der Waals surface area contributed by atoms with Crippen LogP contribution in [-0.4, -0.2) is 40.2 Å². The molecular weight excluding hydrogens is 281 g/mol. The molecule has 0 saturated carbocycles. The molecule has 4 atom stereocenters. The fourth-order valence-corrected chi connectivity index (χ4v) is 7.67. The van der Waals surface area contributed by atoms with Crippen molar-refractivity contribution in [3.63, 3.8) is 0 Å². The molecule has 16 heavy (non-hydrogen) atoms. The predicted octanol–water partition coefficient (Wildman–Crippen LogP) is 1.83. The van der Waals surface area contributed by atoms with Crippen molar-refractivity contribution >= 4 is 33.4 Å². The Kier molecular flexibility index (Phi) is 1.84. The zero-order chi connectivity index (χ0) is 12.0. The first-order valence-electron chi connectivity index (χ1n) is 4.46. The van der Waals surface area contributed by atoms with Gasteiger partial charge in [0, 0.05) is 11.5 Å². The van der Waals surface area contributed by atoms with Crippen molar-refractivity contribution in [3.05, 3.63) is 12.2 Å². The summed E-state index contributed by atoms with van der Waals surface area (Å²) in [4.78, 5) is 0. The summed E-state index contributed by atoms with van der Waals surface area (Å²) in [5, 5.41) is -1.46. The number of alkyl halides is 3. The monoisotopic (exact) mass is 288 g/mol. The number of sulfone groups is 1. The Morgan fingerprint density at radius 1 is 1.31 bits per heavy atom. The van der Waals surface area contributed by atoms with E-state index in [0.29, 0.717) is 0 Å². The van der Waals surface area contributed by atoms with Crippen LogP contribution in [0.3, 0.4) is 0 Å². The van der Waals surface area contributed by atoms with Gasteiger partial charge < -0.3 is 0 Å². The smallest absolute Gasteiger partial charge is 0.227 e. The van der Waals surface area contributed by atoms with Crippen LogP contribution in [0.4, 0.5) is 13.2 Å². The summed E-state index contributed by atoms with van der Waals surface area (Å²) in [7, 11) is -3.49. The van der Waals surface area contributed by atoms with Crippen LogP contribution >= 0.6 is 23.5 Å². The molecular formula is C8H7F3O2S3. The average molecular weight is 288 g/mol. The molecule has 0 spiro atoms. The van der Waals surface area contributed by atoms with Crippen LogP contribution in [0.25, 0.3) is 0 Å². The minimum absolute atomic E-state index is 0.595. The van der Waals surface area contributed by atoms with Gasteiger partial charge >= 0.3 is 6.18 Å². The van der Waals surface area contributed by atoms with Crippen LogP contribution in [0, 0.1) is 0 Å². The van der Waals surface area contributed by atoms with E-state index in [-0.39, 0.29) is 0 Å². The minimum Gasteiger partial charge on any atom is -0.227 e. The summed E-state index contributed by atoms with van der Waals surface area (Å²) in [6.07, 6.45) is -0.499. The van der Waals surface area contributed by atoms with Gasteiger partial charge in [-0.2, -0.15) is 13.2 Å². The summed E-state index contributed by atoms with van der Waals surface area (Å²) >= 11 is 1.73. The lowest BCUT2D eigenvalue weighted by atomic mass is 9.93. The van der Waals surface area contributed by atoms with Crippen molar-refractivity contribution in [1.82, 2.24) is 0 Å². The van der Waals surface area contributed by atoms with E-state index in [9.17, 15) is 21.6 Å². The van der Waals surface area contributed by atoms with Gasteiger partial charge in [0.1, 0.15) is 8.83 Å². The first-order chi connectivity index (χ1) is 7.15. The van der Waals surface area contributed by atoms with Crippen molar-refractivity contribution in [1.29, 1.82) is 0 Å². The molecule has 2 aliphatic heterocycles. The highest BCUT2D eigenvalue weighted by Crippen LogP contribution is 2.80. The third-order valence-corrected chi connectivity index (χ3v) is 9.34. The molecule has 0 bridgehead atoms. The second-order valence-electron chi connectivity index (χ2n) is 4.18. The molecule has 0 aromatic carbocycles. The van der Waals surface area contributed by atoms with Gasteiger partial charge in [0.15, 0.2) is 9.84 Å². The van der Waals surface area contributed by atoms with Crippen LogP contribution in [0.2, 0.25) is 0 Å². The van der Waals surface area contributed by atoms with Crippen LogP contribution in [0.5, 0.6) is 0 Å². The second kappa shape index (κ2) is 2.61. The Morgan fingerprint density at radius 3 is 2.44 bits per heavy atom. The van der Waals surface area contributed by atoms with Gasteiger partial charge in [-0.1, -0.05) is 12.2 Å². The maximum atomic E-state index is 12.9. The highest BCUT2D eigenvalue weighted by Gasteiger charge is 2.87. The normalized spacial score (nSPS) is 49.5. The van der Waals surface area contributed by atoms with Crippen molar-refractivity contribution in [3.8, 4) is 0 Å². The molecule has 2 fully saturated rings. The van der Waals surface area contributed by atoms with Crippen molar-refractivity contribution in [2.75, 3.05) is 6.26 Å². The molecule has 3 aliphatic rings. The number of fused-ring (bicyclic) bond motifs is 3. The zero-order valence-corrected chi connectivity index (χ0v) is 10.4. The topological polar surface area (TPSA) is 34.1 Å². The molecule has 0 N–H and O–H groups in total. The third-order valence-electron chi connectivity index (χ3n) is 3.21. The molecule has 0 amide bonds. The number of thioether (sulfide) groups is 2. The Hall–Kier alpha value is 0.180. The van der Waals surface area contributed by atoms with Gasteiger partial charge in [-0.15, -0.1) is 23.5 Å². The molecule has 2 heterocycles. The molecule has 0 aromatic rings. The molecule has 8 heteroatoms. The van der Waals surface area contributed by atoms with Crippen LogP contribution in [0.15, 0.2) is 12.2 Å². The maximum absolute atomic E-state index is 12.9. The van der Waals surface area contributed by atoms with E-state index in [4.69, 9.17) is 0 Å². The first-order valence-corrected chi connectivity index (χ1v) is 8.11. The van der Waals surface area contributed by atoms with Gasteiger partial charge in [-0.25, -0.2) is 8.42 Å². The van der Waals surface area contributed by atoms with Crippen LogP contribution < -0.4 is 0 Å². The summed E-state index contributed by atoms with van der Waals surface area (Å²) in [6, 6.07) is 0. The molecule has 4 unspecified atom stereocenters. The lowest BCUT2D eigenvalue weighted by Crippen LogP contribution is -2.45. The number of rotatable bonds is 1. The van der Waals surface area contributed by atoms with Crippen LogP contribution in [0.1, 0.15) is 0 Å². The summed E-state index contributed by atoms with van der Waals surface area (Å²) < 4.78 is 58.7. The summed E-state index contributed by atoms with van der Waals surface area (Å²) in [5.41, 5.74) is 0. The van der Waals surface area contributed by atoms with Gasteiger partial charge in [0.05, 0.1) is 5.25 Å². The molecule has 2 nitrogen and oxygen atoms in total. The first kappa shape index (κ1) is 11.3. The molecule has 1 aliphatic carbocycles. The van der Waals surface area contributed by atoms with Gasteiger partial charge in [-0.05, 0) is 0 Å². The van der Waals surface area contributed by atoms with Crippen molar-refractivity contribution < 1.29 is 21.6 Å². The van der Waals surface area contributed by atoms with E-state index < -0.39 is 35.3 Å². The molecule has 90 valence electrons. The standard InChI is InChI=1S/C8H7F3O2S3/c1-16(12,13)6-3-2-4-7(14-4,5(6)15-6)8(9,10)11/h2-5H,1H3. The lowest BCUT2D eigenvalue weighted by molar-refractivity contribution is -0.147. The largest absolute Gasteiger partial charge is 0.405 e. The average Bonchev–Trinajstić information content (AvgIpc) is 2.93. The van der Waals surface area contributed by atoms with Crippen LogP contribution in [-0.2, 0) is 9.84 Å². The van der Waals surface area contributed by atoms with E-state index in [1.807, 2.05) is 0 Å². The van der Waals surface area contributed by atoms with E-state index >= 15 is 0 Å². The fourth-order valence-electron chi connectivity index (χ4n) is 2.24. The second-order valence-corrected chi connectivity index (χ2v) is 9.46. The van der Waals surface area contributed by atoms with E-state index in [0.717, 1.165) is 29.8 Å². The summed E-state index contributed by atoms with van der Waals surface area (Å²) in [5.74, 6) is 0. The third kappa shape index (κ3) is 1.06. The van der Waals surface area contributed by atoms with Gasteiger partial charge in [-0.3, -0.25) is 0 Å². The molecule has 0 aromatic heterocycles. The van der Waals surface area contributed by atoms with Crippen molar-refractivity contribution in [2.24, 2.45) is 0 Å². The Labute approximate surface area is 99.0 Å². The van der Waals surface area contributed by atoms with Crippen molar-refractivity contribution in [2.45, 2.75) is 25.5 Å². The van der Waals surface area contributed by atoms with E-state index in [1.54, 1.807) is 0 Å². The Balaban J connectivity index is 2.07. The Bertz CT molecular complexity index is 497. The highest BCUT2D eigenvalue weighted by molar-refractivity contribution is 8.24. The zero-order valence-electron chi connectivity index (χ0n) is 7.98. The fraction of sp³-hybridized carbons (Fsp3) is 0.750.